The van der Waals surface area contributed by atoms with Crippen LogP contribution in [0.25, 0.3) is 0 Å². The molecule has 0 saturated heterocycles. The number of amides is 1. The highest BCUT2D eigenvalue weighted by Crippen LogP contribution is 2.25. The molecule has 1 heterocycles. The Morgan fingerprint density at radius 2 is 1.86 bits per heavy atom. The van der Waals surface area contributed by atoms with Gasteiger partial charge in [-0.25, -0.2) is 23.1 Å². The molecule has 9 heteroatoms. The Morgan fingerprint density at radius 1 is 1.18 bits per heavy atom. The summed E-state index contributed by atoms with van der Waals surface area (Å²) in [5, 5.41) is 2.46. The van der Waals surface area contributed by atoms with Gasteiger partial charge in [-0.1, -0.05) is 15.9 Å². The molecule has 1 aromatic heterocycles. The molecule has 0 radical (unpaired) electrons. The summed E-state index contributed by atoms with van der Waals surface area (Å²) >= 11 is 3.08. The second-order valence-electron chi connectivity index (χ2n) is 4.14. The number of alkyl halides is 1. The largest absolute Gasteiger partial charge is 0.434 e. The number of nitrogens with zero attached hydrogens (tertiary/aromatic N) is 2. The number of anilines is 1. The number of rotatable bonds is 4. The van der Waals surface area contributed by atoms with Crippen LogP contribution in [0.2, 0.25) is 0 Å². The van der Waals surface area contributed by atoms with E-state index in [9.17, 15) is 18.0 Å². The van der Waals surface area contributed by atoms with Crippen LogP contribution in [0.15, 0.2) is 24.5 Å². The van der Waals surface area contributed by atoms with Crippen molar-refractivity contribution in [3.8, 4) is 11.6 Å². The van der Waals surface area contributed by atoms with E-state index in [2.05, 4.69) is 31.2 Å². The molecule has 0 bridgehead atoms. The molecule has 0 spiro atoms. The Bertz CT molecular complexity index is 696. The van der Waals surface area contributed by atoms with Gasteiger partial charge in [0.05, 0.1) is 17.2 Å². The van der Waals surface area contributed by atoms with Gasteiger partial charge < -0.3 is 10.1 Å². The molecule has 0 aliphatic rings. The molecule has 1 amide bonds. The fraction of sp³-hybridized carbons (Fsp3) is 0.154. The molecule has 22 heavy (non-hydrogen) atoms. The van der Waals surface area contributed by atoms with Crippen molar-refractivity contribution in [1.82, 2.24) is 9.97 Å². The van der Waals surface area contributed by atoms with Crippen molar-refractivity contribution in [2.75, 3.05) is 5.32 Å². The van der Waals surface area contributed by atoms with Gasteiger partial charge in [0.25, 0.3) is 0 Å². The summed E-state index contributed by atoms with van der Waals surface area (Å²) in [5.74, 6) is -4.48. The van der Waals surface area contributed by atoms with Gasteiger partial charge in [0.2, 0.25) is 11.8 Å². The van der Waals surface area contributed by atoms with Crippen molar-refractivity contribution >= 4 is 27.7 Å². The lowest BCUT2D eigenvalue weighted by Crippen LogP contribution is -2.20. The maximum absolute atomic E-state index is 13.4. The van der Waals surface area contributed by atoms with E-state index >= 15 is 0 Å². The molecule has 0 aliphatic carbocycles. The lowest BCUT2D eigenvalue weighted by Gasteiger charge is -2.08. The van der Waals surface area contributed by atoms with E-state index < -0.39 is 28.0 Å². The normalized spacial score (nSPS) is 11.9. The topological polar surface area (TPSA) is 64.1 Å². The van der Waals surface area contributed by atoms with Crippen molar-refractivity contribution in [3.63, 3.8) is 0 Å². The first-order valence-corrected chi connectivity index (χ1v) is 6.87. The predicted octanol–water partition coefficient (Wildman–Crippen LogP) is 3.41. The van der Waals surface area contributed by atoms with Gasteiger partial charge in [0, 0.05) is 12.1 Å². The number of carbonyl (C=O) groups excluding carboxylic acids is 1. The zero-order valence-corrected chi connectivity index (χ0v) is 12.7. The standard InChI is InChI=1S/C13H9BrF3N3O2/c1-6(14)13(21)20-11-4-19-12(5-18-11)22-10-3-8(16)7(15)2-9(10)17/h2-6H,1H3,(H,18,20,21)/t6-/m1/s1. The van der Waals surface area contributed by atoms with Crippen LogP contribution in [0.1, 0.15) is 6.92 Å². The van der Waals surface area contributed by atoms with Crippen molar-refractivity contribution in [2.45, 2.75) is 11.8 Å². The van der Waals surface area contributed by atoms with Gasteiger partial charge >= 0.3 is 0 Å². The highest BCUT2D eigenvalue weighted by Gasteiger charge is 2.13. The van der Waals surface area contributed by atoms with Crippen LogP contribution in [0.5, 0.6) is 11.6 Å². The molecule has 1 N–H and O–H groups in total. The van der Waals surface area contributed by atoms with Crippen molar-refractivity contribution in [1.29, 1.82) is 0 Å². The van der Waals surface area contributed by atoms with Crippen LogP contribution in [0, 0.1) is 17.5 Å². The van der Waals surface area contributed by atoms with E-state index in [1.165, 1.54) is 6.20 Å². The summed E-state index contributed by atoms with van der Waals surface area (Å²) in [4.78, 5) is 18.6. The smallest absolute Gasteiger partial charge is 0.239 e. The van der Waals surface area contributed by atoms with Crippen molar-refractivity contribution in [3.05, 3.63) is 42.0 Å². The Balaban J connectivity index is 2.12. The zero-order valence-electron chi connectivity index (χ0n) is 11.1. The first kappa shape index (κ1) is 16.2. The van der Waals surface area contributed by atoms with E-state index in [-0.39, 0.29) is 17.6 Å². The van der Waals surface area contributed by atoms with Crippen LogP contribution < -0.4 is 10.1 Å². The van der Waals surface area contributed by atoms with Gasteiger partial charge in [0.1, 0.15) is 0 Å². The number of benzene rings is 1. The quantitative estimate of drug-likeness (QED) is 0.656. The molecule has 1 aromatic carbocycles. The molecule has 1 atom stereocenters. The van der Waals surface area contributed by atoms with Gasteiger partial charge in [0.15, 0.2) is 29.0 Å². The Morgan fingerprint density at radius 3 is 2.45 bits per heavy atom. The monoisotopic (exact) mass is 375 g/mol. The molecule has 0 saturated carbocycles. The average Bonchev–Trinajstić information content (AvgIpc) is 2.46. The second-order valence-corrected chi connectivity index (χ2v) is 5.52. The van der Waals surface area contributed by atoms with E-state index in [0.717, 1.165) is 6.20 Å². The Labute approximate surface area is 131 Å². The zero-order chi connectivity index (χ0) is 16.3. The van der Waals surface area contributed by atoms with E-state index in [1.807, 2.05) is 0 Å². The maximum atomic E-state index is 13.4. The van der Waals surface area contributed by atoms with Crippen LogP contribution in [-0.4, -0.2) is 20.7 Å². The van der Waals surface area contributed by atoms with E-state index in [4.69, 9.17) is 4.74 Å². The number of carbonyl (C=O) groups is 1. The first-order chi connectivity index (χ1) is 10.4. The summed E-state index contributed by atoms with van der Waals surface area (Å²) < 4.78 is 44.2. The minimum atomic E-state index is -1.32. The molecule has 0 aliphatic heterocycles. The number of halogens is 4. The first-order valence-electron chi connectivity index (χ1n) is 5.96. The van der Waals surface area contributed by atoms with Crippen LogP contribution in [0.3, 0.4) is 0 Å². The summed E-state index contributed by atoms with van der Waals surface area (Å²) in [6.45, 7) is 1.63. The van der Waals surface area contributed by atoms with E-state index in [1.54, 1.807) is 6.92 Å². The fourth-order valence-electron chi connectivity index (χ4n) is 1.35. The number of hydrogen-bond acceptors (Lipinski definition) is 4. The van der Waals surface area contributed by atoms with Crippen LogP contribution >= 0.6 is 15.9 Å². The predicted molar refractivity (Wildman–Crippen MR) is 75.4 cm³/mol. The highest BCUT2D eigenvalue weighted by molar-refractivity contribution is 9.10. The molecule has 0 fully saturated rings. The number of aromatic nitrogens is 2. The van der Waals surface area contributed by atoms with Gasteiger partial charge in [-0.15, -0.1) is 0 Å². The van der Waals surface area contributed by atoms with Crippen molar-refractivity contribution in [2.24, 2.45) is 0 Å². The summed E-state index contributed by atoms with van der Waals surface area (Å²) in [6.07, 6.45) is 2.29. The molecule has 5 nitrogen and oxygen atoms in total. The molecule has 2 rings (SSSR count). The number of ether oxygens (including phenoxy) is 1. The summed E-state index contributed by atoms with van der Waals surface area (Å²) in [6, 6.07) is 0.929. The molecule has 2 aromatic rings. The van der Waals surface area contributed by atoms with Crippen LogP contribution in [0.4, 0.5) is 19.0 Å². The summed E-state index contributed by atoms with van der Waals surface area (Å²) in [7, 11) is 0. The molecular weight excluding hydrogens is 367 g/mol. The Hall–Kier alpha value is -2.16. The van der Waals surface area contributed by atoms with Crippen molar-refractivity contribution < 1.29 is 22.7 Å². The SMILES string of the molecule is C[C@@H](Br)C(=O)Nc1cnc(Oc2cc(F)c(F)cc2F)cn1. The lowest BCUT2D eigenvalue weighted by atomic mass is 10.3. The summed E-state index contributed by atoms with van der Waals surface area (Å²) in [5.41, 5.74) is 0. The number of nitrogens with one attached hydrogen (secondary N) is 1. The van der Waals surface area contributed by atoms with Crippen LogP contribution in [-0.2, 0) is 4.79 Å². The third-order valence-corrected chi connectivity index (χ3v) is 2.85. The van der Waals surface area contributed by atoms with Gasteiger partial charge in [-0.2, -0.15) is 0 Å². The minimum absolute atomic E-state index is 0.144. The molecule has 0 unspecified atom stereocenters. The lowest BCUT2D eigenvalue weighted by molar-refractivity contribution is -0.115. The third kappa shape index (κ3) is 3.94. The number of hydrogen-bond donors (Lipinski definition) is 1. The van der Waals surface area contributed by atoms with Gasteiger partial charge in [-0.05, 0) is 6.92 Å². The van der Waals surface area contributed by atoms with Gasteiger partial charge in [-0.3, -0.25) is 4.79 Å². The molecule has 116 valence electrons. The minimum Gasteiger partial charge on any atom is -0.434 e. The third-order valence-electron chi connectivity index (χ3n) is 2.43. The van der Waals surface area contributed by atoms with E-state index in [0.29, 0.717) is 12.1 Å². The fourth-order valence-corrected chi connectivity index (χ4v) is 1.47. The highest BCUT2D eigenvalue weighted by atomic mass is 79.9. The second kappa shape index (κ2) is 6.73. The average molecular weight is 376 g/mol. The maximum Gasteiger partial charge on any atom is 0.239 e. The molecular formula is C13H9BrF3N3O2. The Kier molecular flexibility index (Phi) is 4.96.